The van der Waals surface area contributed by atoms with Crippen LogP contribution in [0.3, 0.4) is 0 Å². The standard InChI is InChI=1S/C42H19B2NO2S2/c1-3-13-30-20(7-1)24-15-28-34(17-32(24)46-30)48-36-19-37-39-42-38(36)43(28)26-11-5-9-22-23-10-6-12-27(41(23)45(42)40(22)26)44(39)29-16-25-21-8-2-4-14-31(21)47-33(25)18-35(29)49-37/h1-19H. The second-order valence-corrected chi connectivity index (χ2v) is 16.1. The molecule has 3 nitrogen and oxygen atoms in total. The minimum atomic E-state index is 0.138. The Kier molecular flexibility index (Phi) is 4.13. The topological polar surface area (TPSA) is 31.2 Å². The summed E-state index contributed by atoms with van der Waals surface area (Å²) < 4.78 is 15.5. The van der Waals surface area contributed by atoms with E-state index in [1.54, 1.807) is 0 Å². The van der Waals surface area contributed by atoms with Gasteiger partial charge < -0.3 is 13.4 Å². The number of fused-ring (bicyclic) bond motifs is 13. The molecule has 0 N–H and O–H groups in total. The average Bonchev–Trinajstić information content (AvgIpc) is 3.80. The van der Waals surface area contributed by atoms with Gasteiger partial charge in [0.1, 0.15) is 22.3 Å². The molecule has 0 atom stereocenters. The maximum atomic E-state index is 6.43. The minimum absolute atomic E-state index is 0.138. The third-order valence-corrected chi connectivity index (χ3v) is 13.9. The van der Waals surface area contributed by atoms with E-state index in [1.165, 1.54) is 101 Å². The fourth-order valence-corrected chi connectivity index (χ4v) is 12.3. The van der Waals surface area contributed by atoms with E-state index >= 15 is 0 Å². The molecule has 222 valence electrons. The fraction of sp³-hybridized carbons (Fsp3) is 0. The van der Waals surface area contributed by atoms with Crippen LogP contribution in [-0.2, 0) is 0 Å². The first-order valence-corrected chi connectivity index (χ1v) is 18.4. The second-order valence-electron chi connectivity index (χ2n) is 13.9. The summed E-state index contributed by atoms with van der Waals surface area (Å²) in [5.74, 6) is 0. The Balaban J connectivity index is 1.15. The van der Waals surface area contributed by atoms with Gasteiger partial charge in [0.05, 0.1) is 0 Å². The molecule has 3 aromatic heterocycles. The van der Waals surface area contributed by atoms with Crippen LogP contribution in [0.1, 0.15) is 0 Å². The van der Waals surface area contributed by atoms with Gasteiger partial charge in [0.15, 0.2) is 0 Å². The molecule has 0 amide bonds. The third kappa shape index (κ3) is 2.75. The molecule has 0 bridgehead atoms. The first kappa shape index (κ1) is 24.8. The Labute approximate surface area is 288 Å². The van der Waals surface area contributed by atoms with Gasteiger partial charge in [0, 0.05) is 68.6 Å². The van der Waals surface area contributed by atoms with Gasteiger partial charge in [-0.1, -0.05) is 119 Å². The van der Waals surface area contributed by atoms with Crippen molar-refractivity contribution in [3.05, 3.63) is 115 Å². The van der Waals surface area contributed by atoms with E-state index in [9.17, 15) is 0 Å². The van der Waals surface area contributed by atoms with Gasteiger partial charge in [-0.15, -0.1) is 0 Å². The molecular weight excluding hydrogens is 636 g/mol. The monoisotopic (exact) mass is 655 g/mol. The molecule has 0 saturated heterocycles. The quantitative estimate of drug-likeness (QED) is 0.162. The van der Waals surface area contributed by atoms with E-state index in [2.05, 4.69) is 120 Å². The second kappa shape index (κ2) is 8.14. The van der Waals surface area contributed by atoms with Crippen molar-refractivity contribution < 1.29 is 8.83 Å². The van der Waals surface area contributed by atoms with Crippen LogP contribution in [0, 0.1) is 0 Å². The maximum absolute atomic E-state index is 6.43. The molecule has 0 aliphatic carbocycles. The Morgan fingerprint density at radius 2 is 0.898 bits per heavy atom. The highest BCUT2D eigenvalue weighted by Gasteiger charge is 2.47. The van der Waals surface area contributed by atoms with Gasteiger partial charge in [-0.3, -0.25) is 0 Å². The number of hydrogen-bond donors (Lipinski definition) is 0. The summed E-state index contributed by atoms with van der Waals surface area (Å²) in [6.07, 6.45) is 0. The van der Waals surface area contributed by atoms with E-state index in [0.29, 0.717) is 0 Å². The van der Waals surface area contributed by atoms with Crippen LogP contribution < -0.4 is 32.8 Å². The summed E-state index contributed by atoms with van der Waals surface area (Å²) in [4.78, 5) is 5.28. The zero-order valence-electron chi connectivity index (χ0n) is 25.7. The van der Waals surface area contributed by atoms with Gasteiger partial charge in [0.25, 0.3) is 0 Å². The van der Waals surface area contributed by atoms with Gasteiger partial charge in [-0.2, -0.15) is 0 Å². The van der Waals surface area contributed by atoms with Crippen molar-refractivity contribution in [1.82, 2.24) is 4.57 Å². The molecule has 0 unspecified atom stereocenters. The summed E-state index contributed by atoms with van der Waals surface area (Å²) in [5, 5.41) is 7.45. The van der Waals surface area contributed by atoms with Crippen LogP contribution in [0.25, 0.3) is 71.4 Å². The molecule has 49 heavy (non-hydrogen) atoms. The molecule has 7 heterocycles. The van der Waals surface area contributed by atoms with Gasteiger partial charge in [-0.25, -0.2) is 0 Å². The number of hydrogen-bond acceptors (Lipinski definition) is 4. The van der Waals surface area contributed by atoms with E-state index in [-0.39, 0.29) is 13.4 Å². The molecule has 4 aliphatic heterocycles. The van der Waals surface area contributed by atoms with Gasteiger partial charge >= 0.3 is 0 Å². The third-order valence-electron chi connectivity index (χ3n) is 11.7. The Bertz CT molecular complexity index is 3050. The minimum Gasteiger partial charge on any atom is -0.456 e. The summed E-state index contributed by atoms with van der Waals surface area (Å²) in [7, 11) is 0. The lowest BCUT2D eigenvalue weighted by atomic mass is 9.31. The van der Waals surface area contributed by atoms with Crippen molar-refractivity contribution in [1.29, 1.82) is 0 Å². The van der Waals surface area contributed by atoms with Crippen LogP contribution in [0.2, 0.25) is 0 Å². The number of aromatic nitrogens is 1. The van der Waals surface area contributed by atoms with E-state index in [4.69, 9.17) is 8.83 Å². The van der Waals surface area contributed by atoms with E-state index in [1.807, 2.05) is 23.5 Å². The Morgan fingerprint density at radius 1 is 0.408 bits per heavy atom. The lowest BCUT2D eigenvalue weighted by Gasteiger charge is -2.40. The molecule has 7 aromatic carbocycles. The lowest BCUT2D eigenvalue weighted by molar-refractivity contribution is 0.667. The van der Waals surface area contributed by atoms with Crippen LogP contribution >= 0.6 is 23.5 Å². The molecule has 0 saturated carbocycles. The van der Waals surface area contributed by atoms with E-state index < -0.39 is 0 Å². The Morgan fingerprint density at radius 3 is 1.43 bits per heavy atom. The summed E-state index contributed by atoms with van der Waals surface area (Å²) in [6.45, 7) is 0.276. The van der Waals surface area contributed by atoms with Crippen LogP contribution in [0.5, 0.6) is 0 Å². The molecule has 14 rings (SSSR count). The van der Waals surface area contributed by atoms with Gasteiger partial charge in [0.2, 0.25) is 13.4 Å². The fourth-order valence-electron chi connectivity index (χ4n) is 9.84. The summed E-state index contributed by atoms with van der Waals surface area (Å²) >= 11 is 3.82. The molecule has 7 heteroatoms. The van der Waals surface area contributed by atoms with Gasteiger partial charge in [-0.05, 0) is 52.2 Å². The van der Waals surface area contributed by atoms with Crippen molar-refractivity contribution in [2.24, 2.45) is 0 Å². The maximum Gasteiger partial charge on any atom is 0.249 e. The zero-order chi connectivity index (χ0) is 31.3. The largest absolute Gasteiger partial charge is 0.456 e. The van der Waals surface area contributed by atoms with E-state index in [0.717, 1.165) is 22.3 Å². The predicted molar refractivity (Wildman–Crippen MR) is 206 cm³/mol. The van der Waals surface area contributed by atoms with Crippen molar-refractivity contribution in [3.8, 4) is 5.69 Å². The highest BCUT2D eigenvalue weighted by atomic mass is 32.2. The summed E-state index contributed by atoms with van der Waals surface area (Å²) in [5.41, 5.74) is 16.4. The smallest absolute Gasteiger partial charge is 0.249 e. The first-order valence-electron chi connectivity index (χ1n) is 16.8. The van der Waals surface area contributed by atoms with Crippen molar-refractivity contribution >= 4 is 135 Å². The SMILES string of the molecule is c1ccc2c(c1)oc1cc3c(cc12)B1c2c(cc4c5c2-n2c6c1cccc6c1cccc(c12)B5c1cc2c(cc1S4)oc1ccccc12)S3. The molecule has 0 fully saturated rings. The Hall–Kier alpha value is -5.23. The molecular formula is C42H19B2NO2S2. The molecule has 0 spiro atoms. The number of furan rings is 2. The number of benzene rings is 7. The van der Waals surface area contributed by atoms with Crippen molar-refractivity contribution in [3.63, 3.8) is 0 Å². The summed E-state index contributed by atoms with van der Waals surface area (Å²) in [6, 6.07) is 42.9. The molecule has 4 aliphatic rings. The highest BCUT2D eigenvalue weighted by molar-refractivity contribution is 8.01. The van der Waals surface area contributed by atoms with Crippen molar-refractivity contribution in [2.45, 2.75) is 19.6 Å². The van der Waals surface area contributed by atoms with Crippen LogP contribution in [0.4, 0.5) is 0 Å². The number of nitrogens with zero attached hydrogens (tertiary/aromatic N) is 1. The highest BCUT2D eigenvalue weighted by Crippen LogP contribution is 2.45. The molecule has 10 aromatic rings. The van der Waals surface area contributed by atoms with Crippen LogP contribution in [-0.4, -0.2) is 18.0 Å². The van der Waals surface area contributed by atoms with Crippen molar-refractivity contribution in [2.75, 3.05) is 0 Å². The lowest BCUT2D eigenvalue weighted by Crippen LogP contribution is -2.65. The van der Waals surface area contributed by atoms with Crippen LogP contribution in [0.15, 0.2) is 144 Å². The average molecular weight is 655 g/mol. The first-order chi connectivity index (χ1) is 24.3. The predicted octanol–water partition coefficient (Wildman–Crippen LogP) is 7.17. The molecule has 0 radical (unpaired) electrons. The number of para-hydroxylation sites is 4. The zero-order valence-corrected chi connectivity index (χ0v) is 27.3. The number of rotatable bonds is 0. The normalized spacial score (nSPS) is 14.7.